The molecule has 1 aliphatic heterocycles. The summed E-state index contributed by atoms with van der Waals surface area (Å²) in [6, 6.07) is 12.7. The lowest BCUT2D eigenvalue weighted by atomic mass is 10.0. The maximum atomic E-state index is 11.8. The molecule has 160 valence electrons. The molecular formula is C25H29N5O. The van der Waals surface area contributed by atoms with Gasteiger partial charge in [0.15, 0.2) is 0 Å². The van der Waals surface area contributed by atoms with Crippen LogP contribution in [-0.4, -0.2) is 67.3 Å². The van der Waals surface area contributed by atoms with E-state index in [1.807, 2.05) is 0 Å². The predicted octanol–water partition coefficient (Wildman–Crippen LogP) is 3.66. The topological polar surface area (TPSA) is 60.6 Å². The number of hydrogen-bond donors (Lipinski definition) is 0. The Hall–Kier alpha value is -3.54. The third-order valence-corrected chi connectivity index (χ3v) is 5.25. The molecule has 0 atom stereocenters. The van der Waals surface area contributed by atoms with Crippen molar-refractivity contribution < 1.29 is 4.79 Å². The first-order chi connectivity index (χ1) is 15.0. The number of amidine groups is 1. The summed E-state index contributed by atoms with van der Waals surface area (Å²) in [7, 11) is 1.68. The van der Waals surface area contributed by atoms with E-state index < -0.39 is 0 Å². The molecule has 6 heteroatoms. The van der Waals surface area contributed by atoms with Crippen LogP contribution in [-0.2, 0) is 11.3 Å². The lowest BCUT2D eigenvalue weighted by Gasteiger charge is -2.36. The van der Waals surface area contributed by atoms with Gasteiger partial charge in [-0.1, -0.05) is 55.1 Å². The van der Waals surface area contributed by atoms with Crippen molar-refractivity contribution in [1.29, 1.82) is 0 Å². The van der Waals surface area contributed by atoms with Crippen LogP contribution in [0.4, 0.5) is 0 Å². The maximum Gasteiger partial charge on any atom is 0.246 e. The van der Waals surface area contributed by atoms with Gasteiger partial charge in [0.05, 0.1) is 6.54 Å². The number of piperazine rings is 1. The fraction of sp³-hybridized carbons (Fsp3) is 0.280. The molecule has 1 fully saturated rings. The Labute approximate surface area is 184 Å². The normalized spacial score (nSPS) is 15.2. The smallest absolute Gasteiger partial charge is 0.246 e. The lowest BCUT2D eigenvalue weighted by Crippen LogP contribution is -2.50. The zero-order valence-electron chi connectivity index (χ0n) is 18.3. The van der Waals surface area contributed by atoms with E-state index in [2.05, 4.69) is 76.4 Å². The summed E-state index contributed by atoms with van der Waals surface area (Å²) in [6.45, 7) is 13.0. The average molecular weight is 416 g/mol. The summed E-state index contributed by atoms with van der Waals surface area (Å²) in [5.41, 5.74) is 3.13. The fourth-order valence-electron chi connectivity index (χ4n) is 3.75. The minimum Gasteiger partial charge on any atom is -0.352 e. The molecule has 6 nitrogen and oxygen atoms in total. The third kappa shape index (κ3) is 5.54. The molecule has 1 saturated heterocycles. The van der Waals surface area contributed by atoms with Gasteiger partial charge in [0.1, 0.15) is 12.2 Å². The highest BCUT2D eigenvalue weighted by Crippen LogP contribution is 2.21. The Bertz CT molecular complexity index is 1060. The first-order valence-electron chi connectivity index (χ1n) is 10.4. The second-order valence-corrected chi connectivity index (χ2v) is 7.48. The fourth-order valence-corrected chi connectivity index (χ4v) is 3.75. The van der Waals surface area contributed by atoms with Crippen LogP contribution >= 0.6 is 0 Å². The van der Waals surface area contributed by atoms with Crippen LogP contribution in [0.2, 0.25) is 0 Å². The molecule has 0 N–H and O–H groups in total. The van der Waals surface area contributed by atoms with Crippen molar-refractivity contribution in [2.24, 2.45) is 15.0 Å². The van der Waals surface area contributed by atoms with E-state index in [0.717, 1.165) is 11.4 Å². The average Bonchev–Trinajstić information content (AvgIpc) is 2.79. The van der Waals surface area contributed by atoms with E-state index >= 15 is 0 Å². The van der Waals surface area contributed by atoms with Gasteiger partial charge in [0.25, 0.3) is 0 Å². The van der Waals surface area contributed by atoms with Gasteiger partial charge < -0.3 is 9.80 Å². The van der Waals surface area contributed by atoms with Gasteiger partial charge in [0.2, 0.25) is 5.91 Å². The monoisotopic (exact) mass is 415 g/mol. The highest BCUT2D eigenvalue weighted by atomic mass is 16.2. The maximum absolute atomic E-state index is 11.8. The zero-order valence-corrected chi connectivity index (χ0v) is 18.3. The predicted molar refractivity (Wildman–Crippen MR) is 130 cm³/mol. The van der Waals surface area contributed by atoms with Crippen LogP contribution in [0.25, 0.3) is 10.8 Å². The highest BCUT2D eigenvalue weighted by molar-refractivity contribution is 6.16. The van der Waals surface area contributed by atoms with Crippen LogP contribution in [0, 0.1) is 6.92 Å². The molecule has 2 aromatic carbocycles. The van der Waals surface area contributed by atoms with Gasteiger partial charge in [0, 0.05) is 45.0 Å². The van der Waals surface area contributed by atoms with Gasteiger partial charge in [-0.25, -0.2) is 4.99 Å². The quantitative estimate of drug-likeness (QED) is 0.411. The number of benzene rings is 2. The Morgan fingerprint density at radius 2 is 1.84 bits per heavy atom. The Morgan fingerprint density at radius 1 is 1.13 bits per heavy atom. The minimum absolute atomic E-state index is 0.0426. The van der Waals surface area contributed by atoms with Gasteiger partial charge in [-0.2, -0.15) is 0 Å². The molecule has 0 radical (unpaired) electrons. The standard InChI is InChI=1S/C25H29N5O/c1-5-24(31)29-10-12-30(13-11-29)25(28-18-26-4)20(3)16-27-17-22-15-19(2)14-21-8-6-7-9-23(21)22/h5-9,14-16,18H,1,3,10-13,17H2,2,4H3/b26-18-,27-16-,28-25+. The molecule has 0 unspecified atom stereocenters. The first kappa shape index (κ1) is 22.2. The van der Waals surface area contributed by atoms with E-state index in [-0.39, 0.29) is 5.91 Å². The van der Waals surface area contributed by atoms with Crippen LogP contribution in [0.5, 0.6) is 0 Å². The van der Waals surface area contributed by atoms with Gasteiger partial charge in [-0.3, -0.25) is 14.8 Å². The highest BCUT2D eigenvalue weighted by Gasteiger charge is 2.22. The molecule has 1 heterocycles. The number of carbonyl (C=O) groups is 1. The number of nitrogens with zero attached hydrogens (tertiary/aromatic N) is 5. The molecule has 1 amide bonds. The second-order valence-electron chi connectivity index (χ2n) is 7.48. The van der Waals surface area contributed by atoms with Gasteiger partial charge in [-0.05, 0) is 29.3 Å². The molecule has 3 rings (SSSR count). The number of rotatable bonds is 6. The van der Waals surface area contributed by atoms with E-state index in [0.29, 0.717) is 32.7 Å². The zero-order chi connectivity index (χ0) is 22.2. The van der Waals surface area contributed by atoms with E-state index in [1.54, 1.807) is 18.2 Å². The summed E-state index contributed by atoms with van der Waals surface area (Å²) >= 11 is 0. The van der Waals surface area contributed by atoms with Crippen molar-refractivity contribution >= 4 is 35.1 Å². The molecule has 1 aliphatic rings. The molecule has 0 saturated carbocycles. The lowest BCUT2D eigenvalue weighted by molar-refractivity contribution is -0.127. The van der Waals surface area contributed by atoms with E-state index in [4.69, 9.17) is 0 Å². The molecule has 0 spiro atoms. The van der Waals surface area contributed by atoms with Crippen LogP contribution < -0.4 is 0 Å². The van der Waals surface area contributed by atoms with Crippen molar-refractivity contribution in [3.8, 4) is 0 Å². The number of carbonyl (C=O) groups excluding carboxylic acids is 1. The summed E-state index contributed by atoms with van der Waals surface area (Å²) in [5, 5.41) is 2.44. The molecule has 0 bridgehead atoms. The van der Waals surface area contributed by atoms with Crippen LogP contribution in [0.3, 0.4) is 0 Å². The van der Waals surface area contributed by atoms with Crippen molar-refractivity contribution in [3.05, 3.63) is 72.3 Å². The van der Waals surface area contributed by atoms with Crippen molar-refractivity contribution in [2.45, 2.75) is 13.5 Å². The van der Waals surface area contributed by atoms with Crippen molar-refractivity contribution in [2.75, 3.05) is 33.2 Å². The SMILES string of the molecule is C=CC(=O)N1CCN(/C(=N/C=N\C)C(=C)/C=N\Cc2cc(C)cc3ccccc23)CC1. The molecule has 0 aliphatic carbocycles. The molecular weight excluding hydrogens is 386 g/mol. The number of fused-ring (bicyclic) bond motifs is 1. The molecule has 0 aromatic heterocycles. The number of amides is 1. The summed E-state index contributed by atoms with van der Waals surface area (Å²) in [6.07, 6.45) is 4.65. The van der Waals surface area contributed by atoms with Gasteiger partial charge in [-0.15, -0.1) is 0 Å². The summed E-state index contributed by atoms with van der Waals surface area (Å²) < 4.78 is 0. The largest absolute Gasteiger partial charge is 0.352 e. The second kappa shape index (κ2) is 10.5. The number of aliphatic imine (C=N–C) groups is 3. The minimum atomic E-state index is -0.0426. The molecule has 2 aromatic rings. The van der Waals surface area contributed by atoms with Crippen LogP contribution in [0.1, 0.15) is 11.1 Å². The van der Waals surface area contributed by atoms with Crippen molar-refractivity contribution in [3.63, 3.8) is 0 Å². The third-order valence-electron chi connectivity index (χ3n) is 5.25. The van der Waals surface area contributed by atoms with Gasteiger partial charge >= 0.3 is 0 Å². The number of hydrogen-bond acceptors (Lipinski definition) is 3. The van der Waals surface area contributed by atoms with E-state index in [1.165, 1.54) is 34.3 Å². The van der Waals surface area contributed by atoms with Crippen LogP contribution in [0.15, 0.2) is 76.2 Å². The Balaban J connectivity index is 1.73. The first-order valence-corrected chi connectivity index (χ1v) is 10.4. The number of aryl methyl sites for hydroxylation is 1. The summed E-state index contributed by atoms with van der Waals surface area (Å²) in [4.78, 5) is 28.9. The summed E-state index contributed by atoms with van der Waals surface area (Å²) in [5.74, 6) is 0.688. The Kier molecular flexibility index (Phi) is 7.49. The Morgan fingerprint density at radius 3 is 2.55 bits per heavy atom. The van der Waals surface area contributed by atoms with Crippen molar-refractivity contribution in [1.82, 2.24) is 9.80 Å². The molecule has 31 heavy (non-hydrogen) atoms. The van der Waals surface area contributed by atoms with E-state index in [9.17, 15) is 4.79 Å².